The summed E-state index contributed by atoms with van der Waals surface area (Å²) in [5, 5.41) is 5.57. The van der Waals surface area contributed by atoms with Gasteiger partial charge in [-0.2, -0.15) is 0 Å². The van der Waals surface area contributed by atoms with E-state index in [0.29, 0.717) is 11.5 Å². The molecule has 128 valence electrons. The number of anilines is 1. The first-order chi connectivity index (χ1) is 12.0. The van der Waals surface area contributed by atoms with E-state index in [-0.39, 0.29) is 5.91 Å². The van der Waals surface area contributed by atoms with E-state index in [1.807, 2.05) is 67.8 Å². The highest BCUT2D eigenvalue weighted by molar-refractivity contribution is 7.12. The maximum absolute atomic E-state index is 12.3. The smallest absolute Gasteiger partial charge is 0.265 e. The summed E-state index contributed by atoms with van der Waals surface area (Å²) in [7, 11) is 0. The zero-order valence-electron chi connectivity index (χ0n) is 14.0. The van der Waals surface area contributed by atoms with Crippen molar-refractivity contribution in [3.8, 4) is 5.75 Å². The number of aryl methyl sites for hydroxylation is 2. The van der Waals surface area contributed by atoms with Crippen molar-refractivity contribution >= 4 is 34.5 Å². The summed E-state index contributed by atoms with van der Waals surface area (Å²) in [6, 6.07) is 15.2. The second-order valence-corrected chi connectivity index (χ2v) is 7.16. The summed E-state index contributed by atoms with van der Waals surface area (Å²) in [6.07, 6.45) is 0. The van der Waals surface area contributed by atoms with Crippen LogP contribution in [0.25, 0.3) is 0 Å². The zero-order valence-corrected chi connectivity index (χ0v) is 15.6. The highest BCUT2D eigenvalue weighted by Crippen LogP contribution is 2.23. The molecule has 0 radical (unpaired) electrons. The minimum absolute atomic E-state index is 0.107. The molecule has 0 saturated carbocycles. The van der Waals surface area contributed by atoms with Crippen LogP contribution in [0.15, 0.2) is 53.9 Å². The van der Waals surface area contributed by atoms with Gasteiger partial charge in [-0.15, -0.1) is 11.3 Å². The van der Waals surface area contributed by atoms with Gasteiger partial charge < -0.3 is 10.1 Å². The number of carbonyl (C=O) groups excluding carboxylic acids is 1. The lowest BCUT2D eigenvalue weighted by Gasteiger charge is -2.06. The third-order valence-electron chi connectivity index (χ3n) is 3.69. The molecule has 1 aromatic heterocycles. The van der Waals surface area contributed by atoms with Gasteiger partial charge in [-0.25, -0.2) is 0 Å². The Morgan fingerprint density at radius 3 is 2.76 bits per heavy atom. The van der Waals surface area contributed by atoms with Gasteiger partial charge in [-0.05, 0) is 66.8 Å². The molecular weight excluding hydrogens is 354 g/mol. The number of carbonyl (C=O) groups is 1. The summed E-state index contributed by atoms with van der Waals surface area (Å²) in [5.74, 6) is 0.656. The molecule has 3 nitrogen and oxygen atoms in total. The van der Waals surface area contributed by atoms with E-state index in [9.17, 15) is 4.79 Å². The maximum atomic E-state index is 12.3. The van der Waals surface area contributed by atoms with Gasteiger partial charge in [0.25, 0.3) is 5.91 Å². The summed E-state index contributed by atoms with van der Waals surface area (Å²) in [4.78, 5) is 13.0. The molecule has 2 aromatic carbocycles. The van der Waals surface area contributed by atoms with E-state index in [0.717, 1.165) is 33.1 Å². The monoisotopic (exact) mass is 371 g/mol. The number of nitrogens with one attached hydrogen (secondary N) is 1. The van der Waals surface area contributed by atoms with E-state index in [4.69, 9.17) is 16.3 Å². The fraction of sp³-hybridized carbons (Fsp3) is 0.150. The van der Waals surface area contributed by atoms with Crippen LogP contribution in [0.5, 0.6) is 5.75 Å². The molecule has 0 atom stereocenters. The zero-order chi connectivity index (χ0) is 17.8. The Morgan fingerprint density at radius 1 is 1.16 bits per heavy atom. The lowest BCUT2D eigenvalue weighted by Crippen LogP contribution is -2.10. The van der Waals surface area contributed by atoms with Gasteiger partial charge in [0.15, 0.2) is 0 Å². The molecule has 0 unspecified atom stereocenters. The molecular formula is C20H18ClNO2S. The normalized spacial score (nSPS) is 10.5. The van der Waals surface area contributed by atoms with E-state index in [1.54, 1.807) is 0 Å². The lowest BCUT2D eigenvalue weighted by molar-refractivity contribution is 0.103. The molecule has 1 amide bonds. The van der Waals surface area contributed by atoms with Gasteiger partial charge in [-0.1, -0.05) is 23.7 Å². The van der Waals surface area contributed by atoms with Crippen molar-refractivity contribution in [1.82, 2.24) is 0 Å². The first-order valence-corrected chi connectivity index (χ1v) is 9.11. The first-order valence-electron chi connectivity index (χ1n) is 7.85. The van der Waals surface area contributed by atoms with Gasteiger partial charge in [-0.3, -0.25) is 4.79 Å². The number of thiophene rings is 1. The predicted molar refractivity (Wildman–Crippen MR) is 104 cm³/mol. The Hall–Kier alpha value is -2.30. The molecule has 0 fully saturated rings. The number of hydrogen-bond donors (Lipinski definition) is 1. The third kappa shape index (κ3) is 4.62. The average Bonchev–Trinajstić information content (AvgIpc) is 3.05. The van der Waals surface area contributed by atoms with Crippen molar-refractivity contribution in [3.63, 3.8) is 0 Å². The van der Waals surface area contributed by atoms with Gasteiger partial charge in [0, 0.05) is 16.3 Å². The minimum atomic E-state index is -0.107. The number of ether oxygens (including phenoxy) is 1. The van der Waals surface area contributed by atoms with Crippen LogP contribution in [0.3, 0.4) is 0 Å². The fourth-order valence-corrected chi connectivity index (χ4v) is 3.27. The van der Waals surface area contributed by atoms with E-state index >= 15 is 0 Å². The van der Waals surface area contributed by atoms with Crippen LogP contribution < -0.4 is 10.1 Å². The second kappa shape index (κ2) is 7.72. The molecule has 3 rings (SSSR count). The van der Waals surface area contributed by atoms with Crippen molar-refractivity contribution in [2.45, 2.75) is 20.5 Å². The van der Waals surface area contributed by atoms with E-state index < -0.39 is 0 Å². The molecule has 1 N–H and O–H groups in total. The maximum Gasteiger partial charge on any atom is 0.265 e. The Labute approximate surface area is 156 Å². The Bertz CT molecular complexity index is 904. The molecule has 0 saturated heterocycles. The van der Waals surface area contributed by atoms with Gasteiger partial charge in [0.2, 0.25) is 0 Å². The highest BCUT2D eigenvalue weighted by Gasteiger charge is 2.10. The van der Waals surface area contributed by atoms with Crippen LogP contribution in [0, 0.1) is 13.8 Å². The third-order valence-corrected chi connectivity index (χ3v) is 5.09. The Kier molecular flexibility index (Phi) is 5.41. The molecule has 3 aromatic rings. The van der Waals surface area contributed by atoms with Crippen LogP contribution in [0.1, 0.15) is 26.4 Å². The largest absolute Gasteiger partial charge is 0.489 e. The molecule has 1 heterocycles. The number of rotatable bonds is 5. The van der Waals surface area contributed by atoms with Crippen molar-refractivity contribution in [2.24, 2.45) is 0 Å². The molecule has 0 bridgehead atoms. The van der Waals surface area contributed by atoms with Crippen LogP contribution in [-0.2, 0) is 6.61 Å². The Morgan fingerprint density at radius 2 is 2.00 bits per heavy atom. The lowest BCUT2D eigenvalue weighted by atomic mass is 10.2. The van der Waals surface area contributed by atoms with Crippen LogP contribution in [-0.4, -0.2) is 5.91 Å². The standard InChI is InChI=1S/C20H18ClNO2S/c1-13-4-3-5-16(8-13)22-20(23)19-10-15(12-25-19)11-24-17-6-7-18(21)14(2)9-17/h3-10,12H,11H2,1-2H3,(H,22,23). The molecule has 0 aliphatic heterocycles. The van der Waals surface area contributed by atoms with Crippen LogP contribution in [0.4, 0.5) is 5.69 Å². The molecule has 0 aliphatic carbocycles. The van der Waals surface area contributed by atoms with Crippen molar-refractivity contribution in [3.05, 3.63) is 80.5 Å². The summed E-state index contributed by atoms with van der Waals surface area (Å²) in [6.45, 7) is 4.34. The fourth-order valence-electron chi connectivity index (χ4n) is 2.36. The SMILES string of the molecule is Cc1cccc(NC(=O)c2cc(COc3ccc(Cl)c(C)c3)cs2)c1. The van der Waals surface area contributed by atoms with Crippen molar-refractivity contribution in [2.75, 3.05) is 5.32 Å². The van der Waals surface area contributed by atoms with Crippen molar-refractivity contribution in [1.29, 1.82) is 0 Å². The van der Waals surface area contributed by atoms with Gasteiger partial charge >= 0.3 is 0 Å². The predicted octanol–water partition coefficient (Wildman–Crippen LogP) is 5.85. The summed E-state index contributed by atoms with van der Waals surface area (Å²) < 4.78 is 5.77. The number of benzene rings is 2. The van der Waals surface area contributed by atoms with Crippen molar-refractivity contribution < 1.29 is 9.53 Å². The first kappa shape index (κ1) is 17.5. The quantitative estimate of drug-likeness (QED) is 0.610. The van der Waals surface area contributed by atoms with Gasteiger partial charge in [0.05, 0.1) is 4.88 Å². The second-order valence-electron chi connectivity index (χ2n) is 5.84. The Balaban J connectivity index is 1.61. The minimum Gasteiger partial charge on any atom is -0.489 e. The molecule has 0 spiro atoms. The number of halogens is 1. The molecule has 5 heteroatoms. The average molecular weight is 372 g/mol. The van der Waals surface area contributed by atoms with E-state index in [2.05, 4.69) is 5.32 Å². The number of hydrogen-bond acceptors (Lipinski definition) is 3. The summed E-state index contributed by atoms with van der Waals surface area (Å²) in [5.41, 5.74) is 3.85. The number of amides is 1. The molecule has 25 heavy (non-hydrogen) atoms. The molecule has 0 aliphatic rings. The van der Waals surface area contributed by atoms with Gasteiger partial charge in [0.1, 0.15) is 12.4 Å². The van der Waals surface area contributed by atoms with Crippen LogP contribution in [0.2, 0.25) is 5.02 Å². The summed E-state index contributed by atoms with van der Waals surface area (Å²) >= 11 is 7.42. The highest BCUT2D eigenvalue weighted by atomic mass is 35.5. The van der Waals surface area contributed by atoms with Crippen LogP contribution >= 0.6 is 22.9 Å². The topological polar surface area (TPSA) is 38.3 Å². The van der Waals surface area contributed by atoms with E-state index in [1.165, 1.54) is 11.3 Å².